The maximum Gasteiger partial charge on any atom is 0.254 e. The van der Waals surface area contributed by atoms with E-state index in [2.05, 4.69) is 19.1 Å². The minimum Gasteiger partial charge on any atom is -0.334 e. The van der Waals surface area contributed by atoms with Gasteiger partial charge in [-0.05, 0) is 57.2 Å². The number of likely N-dealkylation sites (tertiary alicyclic amines) is 1. The van der Waals surface area contributed by atoms with E-state index in [1.54, 1.807) is 0 Å². The molecule has 24 heavy (non-hydrogen) atoms. The molecular weight excluding hydrogens is 298 g/mol. The maximum atomic E-state index is 13.3. The van der Waals surface area contributed by atoms with Crippen LogP contribution in [-0.4, -0.2) is 34.9 Å². The Labute approximate surface area is 143 Å². The van der Waals surface area contributed by atoms with E-state index in [-0.39, 0.29) is 11.9 Å². The van der Waals surface area contributed by atoms with E-state index in [4.69, 9.17) is 10.7 Å². The normalized spacial score (nSPS) is 21.2. The lowest BCUT2D eigenvalue weighted by Crippen LogP contribution is -2.47. The van der Waals surface area contributed by atoms with Gasteiger partial charge in [0.05, 0.1) is 11.1 Å². The van der Waals surface area contributed by atoms with Gasteiger partial charge >= 0.3 is 0 Å². The number of benzene rings is 1. The van der Waals surface area contributed by atoms with Gasteiger partial charge in [0, 0.05) is 36.1 Å². The van der Waals surface area contributed by atoms with Crippen LogP contribution in [0.4, 0.5) is 0 Å². The molecule has 0 spiro atoms. The van der Waals surface area contributed by atoms with Gasteiger partial charge in [0.15, 0.2) is 0 Å². The highest BCUT2D eigenvalue weighted by molar-refractivity contribution is 6.06. The van der Waals surface area contributed by atoms with E-state index < -0.39 is 0 Å². The summed E-state index contributed by atoms with van der Waals surface area (Å²) >= 11 is 0. The van der Waals surface area contributed by atoms with Gasteiger partial charge in [0.1, 0.15) is 0 Å². The molecule has 1 aromatic heterocycles. The van der Waals surface area contributed by atoms with Crippen LogP contribution in [0.3, 0.4) is 0 Å². The third-order valence-corrected chi connectivity index (χ3v) is 5.37. The number of piperidine rings is 1. The lowest BCUT2D eigenvalue weighted by atomic mass is 9.98. The van der Waals surface area contributed by atoms with Crippen molar-refractivity contribution >= 4 is 16.8 Å². The van der Waals surface area contributed by atoms with Gasteiger partial charge in [-0.15, -0.1) is 0 Å². The number of nitrogens with zero attached hydrogens (tertiary/aromatic N) is 2. The summed E-state index contributed by atoms with van der Waals surface area (Å²) in [5, 5.41) is 0.978. The summed E-state index contributed by atoms with van der Waals surface area (Å²) in [6.07, 6.45) is 5.62. The zero-order chi connectivity index (χ0) is 16.7. The summed E-state index contributed by atoms with van der Waals surface area (Å²) in [6.45, 7) is 3.42. The predicted molar refractivity (Wildman–Crippen MR) is 96.2 cm³/mol. The molecule has 2 N–H and O–H groups in total. The molecule has 4 heteroatoms. The standard InChI is InChI=1S/C20H25N3O/c1-13-5-8-18-16(10-13)17(11-19(22-18)14-6-7-14)20(24)23-9-3-2-4-15(23)12-21/h5,8,10-11,14-15H,2-4,6-7,9,12,21H2,1H3. The molecule has 1 saturated heterocycles. The van der Waals surface area contributed by atoms with Crippen LogP contribution >= 0.6 is 0 Å². The van der Waals surface area contributed by atoms with E-state index in [0.717, 1.165) is 53.5 Å². The van der Waals surface area contributed by atoms with Crippen molar-refractivity contribution in [2.75, 3.05) is 13.1 Å². The van der Waals surface area contributed by atoms with Gasteiger partial charge in [0.2, 0.25) is 0 Å². The average molecular weight is 323 g/mol. The monoisotopic (exact) mass is 323 g/mol. The molecule has 1 aliphatic carbocycles. The second kappa shape index (κ2) is 6.17. The van der Waals surface area contributed by atoms with Crippen LogP contribution in [0.1, 0.15) is 59.6 Å². The first-order chi connectivity index (χ1) is 11.7. The molecule has 2 fully saturated rings. The first-order valence-electron chi connectivity index (χ1n) is 9.09. The molecule has 2 heterocycles. The van der Waals surface area contributed by atoms with E-state index in [9.17, 15) is 4.79 Å². The molecule has 4 nitrogen and oxygen atoms in total. The summed E-state index contributed by atoms with van der Waals surface area (Å²) < 4.78 is 0. The number of pyridine rings is 1. The van der Waals surface area contributed by atoms with Crippen LogP contribution in [0, 0.1) is 6.92 Å². The number of aromatic nitrogens is 1. The molecule has 1 atom stereocenters. The van der Waals surface area contributed by atoms with Crippen LogP contribution < -0.4 is 5.73 Å². The lowest BCUT2D eigenvalue weighted by molar-refractivity contribution is 0.0625. The quantitative estimate of drug-likeness (QED) is 0.942. The smallest absolute Gasteiger partial charge is 0.254 e. The van der Waals surface area contributed by atoms with Gasteiger partial charge in [-0.3, -0.25) is 9.78 Å². The highest BCUT2D eigenvalue weighted by atomic mass is 16.2. The van der Waals surface area contributed by atoms with Crippen LogP contribution in [0.15, 0.2) is 24.3 Å². The molecule has 4 rings (SSSR count). The van der Waals surface area contributed by atoms with Crippen molar-refractivity contribution in [3.05, 3.63) is 41.1 Å². The fourth-order valence-electron chi connectivity index (χ4n) is 3.79. The highest BCUT2D eigenvalue weighted by Crippen LogP contribution is 2.40. The molecule has 1 saturated carbocycles. The third kappa shape index (κ3) is 2.80. The summed E-state index contributed by atoms with van der Waals surface area (Å²) in [4.78, 5) is 20.1. The zero-order valence-corrected chi connectivity index (χ0v) is 14.3. The molecule has 1 aromatic carbocycles. The second-order valence-electron chi connectivity index (χ2n) is 7.27. The number of amides is 1. The number of carbonyl (C=O) groups is 1. The third-order valence-electron chi connectivity index (χ3n) is 5.37. The van der Waals surface area contributed by atoms with Gasteiger partial charge in [-0.25, -0.2) is 0 Å². The van der Waals surface area contributed by atoms with Gasteiger partial charge in [0.25, 0.3) is 5.91 Å². The molecule has 1 aliphatic heterocycles. The number of hydrogen-bond donors (Lipinski definition) is 1. The van der Waals surface area contributed by atoms with Crippen molar-refractivity contribution in [3.8, 4) is 0 Å². The number of nitrogens with two attached hydrogens (primary N) is 1. The lowest BCUT2D eigenvalue weighted by Gasteiger charge is -2.35. The predicted octanol–water partition coefficient (Wildman–Crippen LogP) is 3.37. The molecular formula is C20H25N3O. The Morgan fingerprint density at radius 1 is 1.25 bits per heavy atom. The zero-order valence-electron chi connectivity index (χ0n) is 14.3. The summed E-state index contributed by atoms with van der Waals surface area (Å²) in [6, 6.07) is 8.43. The molecule has 2 aliphatic rings. The molecule has 1 amide bonds. The Morgan fingerprint density at radius 2 is 2.08 bits per heavy atom. The van der Waals surface area contributed by atoms with Crippen molar-refractivity contribution in [1.29, 1.82) is 0 Å². The van der Waals surface area contributed by atoms with Crippen LogP contribution in [-0.2, 0) is 0 Å². The summed E-state index contributed by atoms with van der Waals surface area (Å²) in [5.74, 6) is 0.666. The second-order valence-corrected chi connectivity index (χ2v) is 7.27. The average Bonchev–Trinajstić information content (AvgIpc) is 3.45. The first kappa shape index (κ1) is 15.6. The maximum absolute atomic E-state index is 13.3. The molecule has 2 aromatic rings. The Kier molecular flexibility index (Phi) is 4.01. The Bertz CT molecular complexity index is 782. The molecule has 0 radical (unpaired) electrons. The van der Waals surface area contributed by atoms with E-state index in [1.165, 1.54) is 12.8 Å². The molecule has 0 bridgehead atoms. The van der Waals surface area contributed by atoms with Crippen molar-refractivity contribution in [2.45, 2.75) is 51.0 Å². The number of rotatable bonds is 3. The number of carbonyl (C=O) groups excluding carboxylic acids is 1. The minimum absolute atomic E-state index is 0.130. The summed E-state index contributed by atoms with van der Waals surface area (Å²) in [5.41, 5.74) is 9.92. The number of fused-ring (bicyclic) bond motifs is 1. The van der Waals surface area contributed by atoms with Crippen molar-refractivity contribution in [3.63, 3.8) is 0 Å². The highest BCUT2D eigenvalue weighted by Gasteiger charge is 2.30. The SMILES string of the molecule is Cc1ccc2nc(C3CC3)cc(C(=O)N3CCCCC3CN)c2c1. The van der Waals surface area contributed by atoms with E-state index >= 15 is 0 Å². The Hall–Kier alpha value is -1.94. The van der Waals surface area contributed by atoms with Gasteiger partial charge in [-0.2, -0.15) is 0 Å². The Balaban J connectivity index is 1.81. The van der Waals surface area contributed by atoms with Gasteiger partial charge < -0.3 is 10.6 Å². The van der Waals surface area contributed by atoms with E-state index in [1.807, 2.05) is 17.0 Å². The van der Waals surface area contributed by atoms with E-state index in [0.29, 0.717) is 12.5 Å². The number of aryl methyl sites for hydroxylation is 1. The number of hydrogen-bond acceptors (Lipinski definition) is 3. The van der Waals surface area contributed by atoms with Crippen LogP contribution in [0.25, 0.3) is 10.9 Å². The van der Waals surface area contributed by atoms with Crippen molar-refractivity contribution in [1.82, 2.24) is 9.88 Å². The molecule has 1 unspecified atom stereocenters. The first-order valence-corrected chi connectivity index (χ1v) is 9.09. The topological polar surface area (TPSA) is 59.2 Å². The largest absolute Gasteiger partial charge is 0.334 e. The minimum atomic E-state index is 0.130. The molecule has 126 valence electrons. The fraction of sp³-hybridized carbons (Fsp3) is 0.500. The van der Waals surface area contributed by atoms with Crippen molar-refractivity contribution < 1.29 is 4.79 Å². The summed E-state index contributed by atoms with van der Waals surface area (Å²) in [7, 11) is 0. The van der Waals surface area contributed by atoms with Crippen molar-refractivity contribution in [2.24, 2.45) is 5.73 Å². The fourth-order valence-corrected chi connectivity index (χ4v) is 3.79. The Morgan fingerprint density at radius 3 is 2.83 bits per heavy atom. The van der Waals surface area contributed by atoms with Gasteiger partial charge in [-0.1, -0.05) is 11.6 Å². The van der Waals surface area contributed by atoms with Crippen LogP contribution in [0.2, 0.25) is 0 Å². The van der Waals surface area contributed by atoms with Crippen LogP contribution in [0.5, 0.6) is 0 Å².